The summed E-state index contributed by atoms with van der Waals surface area (Å²) in [6, 6.07) is 0.0903. The summed E-state index contributed by atoms with van der Waals surface area (Å²) in [5.74, 6) is -1.28. The minimum atomic E-state index is -0.837. The zero-order chi connectivity index (χ0) is 15.3. The number of rotatable bonds is 7. The fraction of sp³-hybridized carbons (Fsp3) is 0.867. The van der Waals surface area contributed by atoms with E-state index in [4.69, 9.17) is 5.11 Å². The molecule has 0 aromatic heterocycles. The standard InChI is InChI=1S/C15H28N2O3/c1-10(2)8-11(9-17(3)4)16-14(18)12-6-5-7-13(12)15(19)20/h10-13H,5-9H2,1-4H3,(H,16,18)(H,19,20). The second-order valence-electron chi connectivity index (χ2n) is 6.58. The van der Waals surface area contributed by atoms with Crippen LogP contribution in [-0.2, 0) is 9.59 Å². The molecule has 0 aromatic carbocycles. The summed E-state index contributed by atoms with van der Waals surface area (Å²) in [4.78, 5) is 25.6. The van der Waals surface area contributed by atoms with E-state index in [2.05, 4.69) is 24.1 Å². The highest BCUT2D eigenvalue weighted by atomic mass is 16.4. The van der Waals surface area contributed by atoms with Crippen molar-refractivity contribution in [3.05, 3.63) is 0 Å². The lowest BCUT2D eigenvalue weighted by Gasteiger charge is -2.26. The Labute approximate surface area is 121 Å². The monoisotopic (exact) mass is 284 g/mol. The van der Waals surface area contributed by atoms with E-state index in [0.717, 1.165) is 19.4 Å². The number of carbonyl (C=O) groups is 2. The molecule has 1 amide bonds. The first-order chi connectivity index (χ1) is 9.31. The Bertz CT molecular complexity index is 332. The van der Waals surface area contributed by atoms with E-state index >= 15 is 0 Å². The fourth-order valence-corrected chi connectivity index (χ4v) is 3.07. The average molecular weight is 284 g/mol. The number of nitrogens with zero attached hydrogens (tertiary/aromatic N) is 1. The second-order valence-corrected chi connectivity index (χ2v) is 6.58. The van der Waals surface area contributed by atoms with E-state index in [9.17, 15) is 9.59 Å². The van der Waals surface area contributed by atoms with E-state index < -0.39 is 11.9 Å². The van der Waals surface area contributed by atoms with Gasteiger partial charge >= 0.3 is 5.97 Å². The summed E-state index contributed by atoms with van der Waals surface area (Å²) in [6.45, 7) is 5.04. The van der Waals surface area contributed by atoms with Gasteiger partial charge in [0.05, 0.1) is 11.8 Å². The zero-order valence-electron chi connectivity index (χ0n) is 13.1. The number of likely N-dealkylation sites (N-methyl/N-ethyl adjacent to an activating group) is 1. The van der Waals surface area contributed by atoms with Crippen molar-refractivity contribution in [3.8, 4) is 0 Å². The molecule has 1 rings (SSSR count). The summed E-state index contributed by atoms with van der Waals surface area (Å²) in [7, 11) is 3.96. The molecule has 1 aliphatic carbocycles. The third-order valence-electron chi connectivity index (χ3n) is 3.86. The zero-order valence-corrected chi connectivity index (χ0v) is 13.1. The molecule has 5 nitrogen and oxygen atoms in total. The Kier molecular flexibility index (Phi) is 6.46. The molecule has 3 atom stereocenters. The number of carboxylic acids is 1. The Morgan fingerprint density at radius 3 is 2.35 bits per heavy atom. The highest BCUT2D eigenvalue weighted by molar-refractivity contribution is 5.85. The summed E-state index contributed by atoms with van der Waals surface area (Å²) >= 11 is 0. The molecule has 116 valence electrons. The van der Waals surface area contributed by atoms with Crippen molar-refractivity contribution in [1.29, 1.82) is 0 Å². The molecule has 5 heteroatoms. The highest BCUT2D eigenvalue weighted by Gasteiger charge is 2.38. The molecule has 0 radical (unpaired) electrons. The van der Waals surface area contributed by atoms with Crippen LogP contribution < -0.4 is 5.32 Å². The van der Waals surface area contributed by atoms with Crippen molar-refractivity contribution < 1.29 is 14.7 Å². The predicted molar refractivity (Wildman–Crippen MR) is 78.4 cm³/mol. The van der Waals surface area contributed by atoms with Crippen molar-refractivity contribution in [2.24, 2.45) is 17.8 Å². The molecule has 1 aliphatic rings. The van der Waals surface area contributed by atoms with Crippen LogP contribution in [0, 0.1) is 17.8 Å². The fourth-order valence-electron chi connectivity index (χ4n) is 3.07. The van der Waals surface area contributed by atoms with Crippen LogP contribution in [-0.4, -0.2) is 48.6 Å². The predicted octanol–water partition coefficient (Wildman–Crippen LogP) is 1.58. The third-order valence-corrected chi connectivity index (χ3v) is 3.86. The first kappa shape index (κ1) is 17.0. The number of hydrogen-bond donors (Lipinski definition) is 2. The molecule has 0 aliphatic heterocycles. The van der Waals surface area contributed by atoms with Gasteiger partial charge in [-0.05, 0) is 39.3 Å². The van der Waals surface area contributed by atoms with Gasteiger partial charge in [0.25, 0.3) is 0 Å². The van der Waals surface area contributed by atoms with Gasteiger partial charge in [0.15, 0.2) is 0 Å². The van der Waals surface area contributed by atoms with Crippen LogP contribution in [0.5, 0.6) is 0 Å². The smallest absolute Gasteiger partial charge is 0.307 e. The lowest BCUT2D eigenvalue weighted by Crippen LogP contribution is -2.46. The number of amides is 1. The lowest BCUT2D eigenvalue weighted by atomic mass is 9.94. The van der Waals surface area contributed by atoms with Gasteiger partial charge in [0.1, 0.15) is 0 Å². The molecular weight excluding hydrogens is 256 g/mol. The SMILES string of the molecule is CC(C)CC(CN(C)C)NC(=O)C1CCCC1C(=O)O. The van der Waals surface area contributed by atoms with Gasteiger partial charge in [-0.1, -0.05) is 20.3 Å². The first-order valence-corrected chi connectivity index (χ1v) is 7.49. The first-order valence-electron chi connectivity index (χ1n) is 7.49. The molecule has 0 aromatic rings. The van der Waals surface area contributed by atoms with E-state index in [1.165, 1.54) is 0 Å². The van der Waals surface area contributed by atoms with Gasteiger partial charge in [0.2, 0.25) is 5.91 Å². The Morgan fingerprint density at radius 1 is 1.25 bits per heavy atom. The van der Waals surface area contributed by atoms with E-state index in [1.807, 2.05) is 14.1 Å². The Hall–Kier alpha value is -1.10. The molecule has 0 bridgehead atoms. The number of hydrogen-bond acceptors (Lipinski definition) is 3. The minimum absolute atomic E-state index is 0.0811. The molecule has 1 saturated carbocycles. The maximum atomic E-state index is 12.3. The van der Waals surface area contributed by atoms with Crippen LogP contribution in [0.4, 0.5) is 0 Å². The van der Waals surface area contributed by atoms with Crippen LogP contribution in [0.25, 0.3) is 0 Å². The molecule has 0 spiro atoms. The average Bonchev–Trinajstić information content (AvgIpc) is 2.75. The van der Waals surface area contributed by atoms with Crippen molar-refractivity contribution in [2.45, 2.75) is 45.6 Å². The molecule has 0 saturated heterocycles. The third kappa shape index (κ3) is 5.12. The van der Waals surface area contributed by atoms with Crippen molar-refractivity contribution in [1.82, 2.24) is 10.2 Å². The maximum Gasteiger partial charge on any atom is 0.307 e. The lowest BCUT2D eigenvalue weighted by molar-refractivity contribution is -0.146. The van der Waals surface area contributed by atoms with Crippen LogP contribution in [0.1, 0.15) is 39.5 Å². The topological polar surface area (TPSA) is 69.6 Å². The van der Waals surface area contributed by atoms with Gasteiger partial charge in [-0.15, -0.1) is 0 Å². The largest absolute Gasteiger partial charge is 0.481 e. The summed E-state index contributed by atoms with van der Waals surface area (Å²) in [5.41, 5.74) is 0. The van der Waals surface area contributed by atoms with E-state index in [0.29, 0.717) is 18.8 Å². The molecule has 20 heavy (non-hydrogen) atoms. The van der Waals surface area contributed by atoms with Crippen molar-refractivity contribution in [3.63, 3.8) is 0 Å². The van der Waals surface area contributed by atoms with Gasteiger partial charge in [-0.3, -0.25) is 9.59 Å². The van der Waals surface area contributed by atoms with Crippen LogP contribution in [0.15, 0.2) is 0 Å². The van der Waals surface area contributed by atoms with Gasteiger partial charge in [-0.25, -0.2) is 0 Å². The second kappa shape index (κ2) is 7.62. The Morgan fingerprint density at radius 2 is 1.85 bits per heavy atom. The minimum Gasteiger partial charge on any atom is -0.481 e. The molecule has 0 heterocycles. The van der Waals surface area contributed by atoms with Gasteiger partial charge in [-0.2, -0.15) is 0 Å². The molecule has 3 unspecified atom stereocenters. The number of aliphatic carboxylic acids is 1. The van der Waals surface area contributed by atoms with Crippen LogP contribution >= 0.6 is 0 Å². The molecule has 1 fully saturated rings. The van der Waals surface area contributed by atoms with Gasteiger partial charge < -0.3 is 15.3 Å². The summed E-state index contributed by atoms with van der Waals surface area (Å²) < 4.78 is 0. The highest BCUT2D eigenvalue weighted by Crippen LogP contribution is 2.32. The van der Waals surface area contributed by atoms with E-state index in [1.54, 1.807) is 0 Å². The van der Waals surface area contributed by atoms with Crippen molar-refractivity contribution >= 4 is 11.9 Å². The van der Waals surface area contributed by atoms with Crippen LogP contribution in [0.3, 0.4) is 0 Å². The summed E-state index contributed by atoms with van der Waals surface area (Å²) in [6.07, 6.45) is 3.06. The van der Waals surface area contributed by atoms with Crippen molar-refractivity contribution in [2.75, 3.05) is 20.6 Å². The van der Waals surface area contributed by atoms with Gasteiger partial charge in [0, 0.05) is 12.6 Å². The molecule has 2 N–H and O–H groups in total. The van der Waals surface area contributed by atoms with Crippen LogP contribution in [0.2, 0.25) is 0 Å². The molecular formula is C15H28N2O3. The quantitative estimate of drug-likeness (QED) is 0.744. The van der Waals surface area contributed by atoms with E-state index in [-0.39, 0.29) is 17.9 Å². The Balaban J connectivity index is 2.62. The maximum absolute atomic E-state index is 12.3. The normalized spacial score (nSPS) is 24.1. The summed E-state index contributed by atoms with van der Waals surface area (Å²) in [5, 5.41) is 12.2. The number of carbonyl (C=O) groups excluding carboxylic acids is 1. The number of carboxylic acid groups (broad SMARTS) is 1. The number of nitrogens with one attached hydrogen (secondary N) is 1.